The summed E-state index contributed by atoms with van der Waals surface area (Å²) in [5.41, 5.74) is 1.01. The molecule has 1 aromatic carbocycles. The van der Waals surface area contributed by atoms with E-state index >= 15 is 0 Å². The average molecular weight is 267 g/mol. The quantitative estimate of drug-likeness (QED) is 0.846. The van der Waals surface area contributed by atoms with Crippen molar-refractivity contribution in [1.82, 2.24) is 9.55 Å². The second-order valence-electron chi connectivity index (χ2n) is 4.39. The summed E-state index contributed by atoms with van der Waals surface area (Å²) in [6.07, 6.45) is 5.99. The van der Waals surface area contributed by atoms with Crippen molar-refractivity contribution < 1.29 is 9.13 Å². The van der Waals surface area contributed by atoms with Crippen LogP contribution in [0.15, 0.2) is 30.7 Å². The molecule has 0 amide bonds. The molecule has 3 nitrogen and oxygen atoms in total. The fourth-order valence-electron chi connectivity index (χ4n) is 1.85. The molecule has 1 aliphatic rings. The molecule has 1 saturated carbocycles. The Morgan fingerprint density at radius 3 is 3.00 bits per heavy atom. The van der Waals surface area contributed by atoms with Crippen LogP contribution < -0.4 is 4.74 Å². The number of imidazole rings is 1. The van der Waals surface area contributed by atoms with Gasteiger partial charge < -0.3 is 9.30 Å². The molecule has 1 heterocycles. The van der Waals surface area contributed by atoms with E-state index in [9.17, 15) is 4.39 Å². The largest absolute Gasteiger partial charge is 0.487 e. The molecule has 1 aliphatic carbocycles. The zero-order chi connectivity index (χ0) is 12.5. The summed E-state index contributed by atoms with van der Waals surface area (Å²) in [5.74, 6) is 0.00492. The molecule has 0 saturated heterocycles. The highest BCUT2D eigenvalue weighted by atomic mass is 35.5. The van der Waals surface area contributed by atoms with Gasteiger partial charge in [0.25, 0.3) is 0 Å². The van der Waals surface area contributed by atoms with Gasteiger partial charge in [-0.3, -0.25) is 0 Å². The maximum Gasteiger partial charge on any atom is 0.145 e. The van der Waals surface area contributed by atoms with Gasteiger partial charge in [-0.1, -0.05) is 11.6 Å². The Morgan fingerprint density at radius 1 is 1.44 bits per heavy atom. The number of rotatable bonds is 4. The third-order valence-electron chi connectivity index (χ3n) is 2.96. The first-order valence-electron chi connectivity index (χ1n) is 5.82. The van der Waals surface area contributed by atoms with Gasteiger partial charge in [0.05, 0.1) is 23.2 Å². The molecule has 5 heteroatoms. The lowest BCUT2D eigenvalue weighted by molar-refractivity contribution is 0.293. The van der Waals surface area contributed by atoms with Crippen LogP contribution in [0.1, 0.15) is 24.6 Å². The van der Waals surface area contributed by atoms with Crippen molar-refractivity contribution in [3.05, 3.63) is 47.3 Å². The summed E-state index contributed by atoms with van der Waals surface area (Å²) < 4.78 is 20.9. The SMILES string of the molecule is Fc1cc(OCc2cncn2C2CC2)ccc1Cl. The second-order valence-corrected chi connectivity index (χ2v) is 4.80. The maximum absolute atomic E-state index is 13.2. The molecule has 0 radical (unpaired) electrons. The van der Waals surface area contributed by atoms with E-state index < -0.39 is 5.82 Å². The van der Waals surface area contributed by atoms with Gasteiger partial charge in [0.1, 0.15) is 18.2 Å². The van der Waals surface area contributed by atoms with Crippen LogP contribution in [-0.2, 0) is 6.61 Å². The monoisotopic (exact) mass is 266 g/mol. The molecule has 2 aromatic rings. The van der Waals surface area contributed by atoms with Gasteiger partial charge in [-0.2, -0.15) is 0 Å². The lowest BCUT2D eigenvalue weighted by Crippen LogP contribution is -2.03. The van der Waals surface area contributed by atoms with Crippen LogP contribution >= 0.6 is 11.6 Å². The molecule has 0 atom stereocenters. The van der Waals surface area contributed by atoms with E-state index in [0.717, 1.165) is 5.69 Å². The van der Waals surface area contributed by atoms with Crippen molar-refractivity contribution in [3.8, 4) is 5.75 Å². The summed E-state index contributed by atoms with van der Waals surface area (Å²) in [6.45, 7) is 0.386. The minimum atomic E-state index is -0.468. The minimum absolute atomic E-state index is 0.102. The Kier molecular flexibility index (Phi) is 2.96. The average Bonchev–Trinajstić information content (AvgIpc) is 3.10. The zero-order valence-corrected chi connectivity index (χ0v) is 10.4. The van der Waals surface area contributed by atoms with Crippen molar-refractivity contribution in [2.24, 2.45) is 0 Å². The van der Waals surface area contributed by atoms with Crippen molar-refractivity contribution in [3.63, 3.8) is 0 Å². The van der Waals surface area contributed by atoms with E-state index in [4.69, 9.17) is 16.3 Å². The van der Waals surface area contributed by atoms with Gasteiger partial charge >= 0.3 is 0 Å². The third-order valence-corrected chi connectivity index (χ3v) is 3.27. The lowest BCUT2D eigenvalue weighted by Gasteiger charge is -2.09. The predicted molar refractivity (Wildman–Crippen MR) is 66.2 cm³/mol. The molecule has 94 valence electrons. The Labute approximate surface area is 109 Å². The minimum Gasteiger partial charge on any atom is -0.487 e. The van der Waals surface area contributed by atoms with E-state index in [2.05, 4.69) is 9.55 Å². The molecule has 1 fully saturated rings. The molecule has 0 bridgehead atoms. The lowest BCUT2D eigenvalue weighted by atomic mass is 10.3. The number of nitrogens with zero attached hydrogens (tertiary/aromatic N) is 2. The van der Waals surface area contributed by atoms with Crippen LogP contribution in [0.5, 0.6) is 5.75 Å². The molecule has 0 unspecified atom stereocenters. The van der Waals surface area contributed by atoms with E-state index in [-0.39, 0.29) is 5.02 Å². The van der Waals surface area contributed by atoms with Gasteiger partial charge in [0, 0.05) is 12.1 Å². The van der Waals surface area contributed by atoms with Gasteiger partial charge in [0.15, 0.2) is 0 Å². The van der Waals surface area contributed by atoms with Crippen LogP contribution in [0, 0.1) is 5.82 Å². The Hall–Kier alpha value is -1.55. The standard InChI is InChI=1S/C13H12ClFN2O/c14-12-4-3-11(5-13(12)15)18-7-10-6-16-8-17(10)9-1-2-9/h3-6,8-9H,1-2,7H2. The number of benzene rings is 1. The highest BCUT2D eigenvalue weighted by molar-refractivity contribution is 6.30. The van der Waals surface area contributed by atoms with Crippen LogP contribution in [0.4, 0.5) is 4.39 Å². The number of halogens is 2. The first-order valence-corrected chi connectivity index (χ1v) is 6.20. The van der Waals surface area contributed by atoms with E-state index in [0.29, 0.717) is 18.4 Å². The van der Waals surface area contributed by atoms with Crippen LogP contribution in [0.3, 0.4) is 0 Å². The van der Waals surface area contributed by atoms with E-state index in [1.807, 2.05) is 6.33 Å². The molecular formula is C13H12ClFN2O. The Balaban J connectivity index is 1.69. The highest BCUT2D eigenvalue weighted by Gasteiger charge is 2.25. The Morgan fingerprint density at radius 2 is 2.28 bits per heavy atom. The zero-order valence-electron chi connectivity index (χ0n) is 9.64. The molecule has 0 spiro atoms. The van der Waals surface area contributed by atoms with Crippen LogP contribution in [0.25, 0.3) is 0 Å². The van der Waals surface area contributed by atoms with E-state index in [1.54, 1.807) is 12.3 Å². The van der Waals surface area contributed by atoms with Gasteiger partial charge in [-0.25, -0.2) is 9.37 Å². The molecule has 3 rings (SSSR count). The van der Waals surface area contributed by atoms with Gasteiger partial charge in [0.2, 0.25) is 0 Å². The number of hydrogen-bond donors (Lipinski definition) is 0. The first-order chi connectivity index (χ1) is 8.74. The second kappa shape index (κ2) is 4.61. The molecule has 0 aliphatic heterocycles. The number of aromatic nitrogens is 2. The predicted octanol–water partition coefficient (Wildman–Crippen LogP) is 3.59. The molecule has 18 heavy (non-hydrogen) atoms. The summed E-state index contributed by atoms with van der Waals surface area (Å²) in [6, 6.07) is 5.00. The van der Waals surface area contributed by atoms with Crippen LogP contribution in [0.2, 0.25) is 5.02 Å². The summed E-state index contributed by atoms with van der Waals surface area (Å²) in [4.78, 5) is 4.12. The Bertz CT molecular complexity index is 566. The first kappa shape index (κ1) is 11.5. The molecular weight excluding hydrogens is 255 g/mol. The summed E-state index contributed by atoms with van der Waals surface area (Å²) in [7, 11) is 0. The van der Waals surface area contributed by atoms with E-state index in [1.165, 1.54) is 25.0 Å². The third kappa shape index (κ3) is 2.34. The normalized spacial score (nSPS) is 14.8. The van der Waals surface area contributed by atoms with Crippen LogP contribution in [-0.4, -0.2) is 9.55 Å². The fraction of sp³-hybridized carbons (Fsp3) is 0.308. The van der Waals surface area contributed by atoms with Gasteiger partial charge in [-0.05, 0) is 25.0 Å². The smallest absolute Gasteiger partial charge is 0.145 e. The fourth-order valence-corrected chi connectivity index (χ4v) is 1.97. The van der Waals surface area contributed by atoms with Crippen molar-refractivity contribution in [2.75, 3.05) is 0 Å². The maximum atomic E-state index is 13.2. The highest BCUT2D eigenvalue weighted by Crippen LogP contribution is 2.35. The van der Waals surface area contributed by atoms with Gasteiger partial charge in [-0.15, -0.1) is 0 Å². The molecule has 1 aromatic heterocycles. The number of hydrogen-bond acceptors (Lipinski definition) is 2. The van der Waals surface area contributed by atoms with Crippen molar-refractivity contribution in [2.45, 2.75) is 25.5 Å². The van der Waals surface area contributed by atoms with Crippen molar-refractivity contribution >= 4 is 11.6 Å². The number of ether oxygens (including phenoxy) is 1. The topological polar surface area (TPSA) is 27.1 Å². The summed E-state index contributed by atoms with van der Waals surface area (Å²) in [5, 5.41) is 0.102. The molecule has 0 N–H and O–H groups in total. The summed E-state index contributed by atoms with van der Waals surface area (Å²) >= 11 is 5.61. The van der Waals surface area contributed by atoms with Crippen molar-refractivity contribution in [1.29, 1.82) is 0 Å².